The van der Waals surface area contributed by atoms with E-state index in [0.717, 1.165) is 24.9 Å². The molecule has 2 rings (SSSR count). The van der Waals surface area contributed by atoms with E-state index in [0.29, 0.717) is 6.04 Å². The van der Waals surface area contributed by atoms with E-state index in [2.05, 4.69) is 18.3 Å². The van der Waals surface area contributed by atoms with Gasteiger partial charge in [-0.15, -0.1) is 0 Å². The Balaban J connectivity index is 2.00. The minimum atomic E-state index is -0.323. The third-order valence-corrected chi connectivity index (χ3v) is 4.16. The Morgan fingerprint density at radius 2 is 2.15 bits per heavy atom. The maximum Gasteiger partial charge on any atom is 0.142 e. The molecule has 3 heteroatoms. The standard InChI is InChI=1S/C17H23ClFN/c1-2-20-15(10-13-6-4-3-5-7-13)11-14-8-9-16(18)17(19)12-14/h6,8-9,12,15,20H,2-5,7,10-11H2,1H3. The number of halogens is 2. The number of benzene rings is 1. The fourth-order valence-electron chi connectivity index (χ4n) is 2.86. The maximum absolute atomic E-state index is 13.5. The molecule has 0 saturated heterocycles. The zero-order valence-corrected chi connectivity index (χ0v) is 12.8. The third kappa shape index (κ3) is 4.60. The molecule has 0 heterocycles. The van der Waals surface area contributed by atoms with Gasteiger partial charge in [-0.1, -0.05) is 36.2 Å². The first-order chi connectivity index (χ1) is 9.69. The van der Waals surface area contributed by atoms with Crippen LogP contribution in [0.2, 0.25) is 5.02 Å². The van der Waals surface area contributed by atoms with Crippen LogP contribution in [0.1, 0.15) is 44.6 Å². The van der Waals surface area contributed by atoms with Gasteiger partial charge in [-0.3, -0.25) is 0 Å². The second-order valence-corrected chi connectivity index (χ2v) is 5.93. The quantitative estimate of drug-likeness (QED) is 0.737. The summed E-state index contributed by atoms with van der Waals surface area (Å²) in [7, 11) is 0. The molecular formula is C17H23ClFN. The number of rotatable bonds is 6. The van der Waals surface area contributed by atoms with E-state index in [1.54, 1.807) is 17.7 Å². The van der Waals surface area contributed by atoms with Crippen LogP contribution in [-0.2, 0) is 6.42 Å². The molecule has 0 saturated carbocycles. The lowest BCUT2D eigenvalue weighted by Gasteiger charge is -2.22. The monoisotopic (exact) mass is 295 g/mol. The van der Waals surface area contributed by atoms with Crippen LogP contribution < -0.4 is 5.32 Å². The van der Waals surface area contributed by atoms with E-state index in [9.17, 15) is 4.39 Å². The molecule has 0 radical (unpaired) electrons. The van der Waals surface area contributed by atoms with Crippen LogP contribution in [-0.4, -0.2) is 12.6 Å². The zero-order chi connectivity index (χ0) is 14.4. The molecule has 1 atom stereocenters. The molecule has 0 aliphatic heterocycles. The summed E-state index contributed by atoms with van der Waals surface area (Å²) in [4.78, 5) is 0. The predicted molar refractivity (Wildman–Crippen MR) is 83.7 cm³/mol. The van der Waals surface area contributed by atoms with Gasteiger partial charge in [0.15, 0.2) is 0 Å². The van der Waals surface area contributed by atoms with Crippen molar-refractivity contribution in [3.63, 3.8) is 0 Å². The second kappa shape index (κ2) is 7.80. The molecule has 0 amide bonds. The van der Waals surface area contributed by atoms with Gasteiger partial charge in [-0.05, 0) is 62.8 Å². The van der Waals surface area contributed by atoms with Crippen LogP contribution in [0.3, 0.4) is 0 Å². The number of allylic oxidation sites excluding steroid dienone is 1. The van der Waals surface area contributed by atoms with Crippen molar-refractivity contribution in [2.24, 2.45) is 0 Å². The van der Waals surface area contributed by atoms with Crippen LogP contribution in [0.25, 0.3) is 0 Å². The zero-order valence-electron chi connectivity index (χ0n) is 12.1. The highest BCUT2D eigenvalue weighted by Crippen LogP contribution is 2.23. The van der Waals surface area contributed by atoms with Gasteiger partial charge in [0.2, 0.25) is 0 Å². The van der Waals surface area contributed by atoms with Crippen LogP contribution in [0.15, 0.2) is 29.8 Å². The highest BCUT2D eigenvalue weighted by molar-refractivity contribution is 6.30. The first-order valence-electron chi connectivity index (χ1n) is 7.54. The summed E-state index contributed by atoms with van der Waals surface area (Å²) in [6, 6.07) is 5.51. The van der Waals surface area contributed by atoms with Crippen molar-refractivity contribution in [2.45, 2.75) is 51.5 Å². The lowest BCUT2D eigenvalue weighted by atomic mass is 9.92. The Morgan fingerprint density at radius 1 is 1.30 bits per heavy atom. The summed E-state index contributed by atoms with van der Waals surface area (Å²) >= 11 is 5.73. The fraction of sp³-hybridized carbons (Fsp3) is 0.529. The largest absolute Gasteiger partial charge is 0.314 e. The lowest BCUT2D eigenvalue weighted by molar-refractivity contribution is 0.503. The summed E-state index contributed by atoms with van der Waals surface area (Å²) in [5.74, 6) is -0.323. The van der Waals surface area contributed by atoms with Gasteiger partial charge in [0, 0.05) is 6.04 Å². The number of hydrogen-bond acceptors (Lipinski definition) is 1. The van der Waals surface area contributed by atoms with E-state index in [1.165, 1.54) is 25.7 Å². The Kier molecular flexibility index (Phi) is 6.06. The Morgan fingerprint density at radius 3 is 2.80 bits per heavy atom. The van der Waals surface area contributed by atoms with Gasteiger partial charge in [0.05, 0.1) is 5.02 Å². The summed E-state index contributed by atoms with van der Waals surface area (Å²) in [6.07, 6.45) is 9.35. The third-order valence-electron chi connectivity index (χ3n) is 3.85. The topological polar surface area (TPSA) is 12.0 Å². The molecule has 1 aliphatic rings. The van der Waals surface area contributed by atoms with Gasteiger partial charge in [0.25, 0.3) is 0 Å². The molecule has 1 unspecified atom stereocenters. The Labute approximate surface area is 126 Å². The molecule has 1 aliphatic carbocycles. The molecule has 110 valence electrons. The molecule has 1 nitrogen and oxygen atoms in total. The Hall–Kier alpha value is -0.860. The normalized spacial score (nSPS) is 16.9. The van der Waals surface area contributed by atoms with E-state index >= 15 is 0 Å². The molecule has 1 aromatic carbocycles. The first-order valence-corrected chi connectivity index (χ1v) is 7.92. The van der Waals surface area contributed by atoms with Gasteiger partial charge < -0.3 is 5.32 Å². The maximum atomic E-state index is 13.5. The Bertz CT molecular complexity index is 470. The first kappa shape index (κ1) is 15.5. The SMILES string of the molecule is CCNC(CC1=CCCCC1)Cc1ccc(Cl)c(F)c1. The molecular weight excluding hydrogens is 273 g/mol. The van der Waals surface area contributed by atoms with Crippen LogP contribution in [0, 0.1) is 5.82 Å². The van der Waals surface area contributed by atoms with Crippen LogP contribution in [0.5, 0.6) is 0 Å². The van der Waals surface area contributed by atoms with E-state index < -0.39 is 0 Å². The number of hydrogen-bond donors (Lipinski definition) is 1. The van der Waals surface area contributed by atoms with Crippen molar-refractivity contribution in [1.29, 1.82) is 0 Å². The van der Waals surface area contributed by atoms with E-state index in [-0.39, 0.29) is 10.8 Å². The summed E-state index contributed by atoms with van der Waals surface area (Å²) in [5, 5.41) is 3.71. The van der Waals surface area contributed by atoms with Crippen molar-refractivity contribution >= 4 is 11.6 Å². The van der Waals surface area contributed by atoms with E-state index in [1.807, 2.05) is 6.07 Å². The second-order valence-electron chi connectivity index (χ2n) is 5.52. The van der Waals surface area contributed by atoms with Crippen molar-refractivity contribution in [3.8, 4) is 0 Å². The van der Waals surface area contributed by atoms with Gasteiger partial charge in [-0.25, -0.2) is 4.39 Å². The van der Waals surface area contributed by atoms with Crippen LogP contribution in [0.4, 0.5) is 4.39 Å². The van der Waals surface area contributed by atoms with Gasteiger partial charge >= 0.3 is 0 Å². The van der Waals surface area contributed by atoms with Crippen molar-refractivity contribution in [1.82, 2.24) is 5.32 Å². The summed E-state index contributed by atoms with van der Waals surface area (Å²) in [5.41, 5.74) is 2.56. The number of nitrogens with one attached hydrogen (secondary N) is 1. The van der Waals surface area contributed by atoms with E-state index in [4.69, 9.17) is 11.6 Å². The smallest absolute Gasteiger partial charge is 0.142 e. The predicted octanol–water partition coefficient (Wildman–Crippen LogP) is 4.89. The highest BCUT2D eigenvalue weighted by atomic mass is 35.5. The van der Waals surface area contributed by atoms with Crippen LogP contribution >= 0.6 is 11.6 Å². The fourth-order valence-corrected chi connectivity index (χ4v) is 2.98. The summed E-state index contributed by atoms with van der Waals surface area (Å²) < 4.78 is 13.5. The molecule has 0 bridgehead atoms. The highest BCUT2D eigenvalue weighted by Gasteiger charge is 2.13. The van der Waals surface area contributed by atoms with Crippen molar-refractivity contribution in [2.75, 3.05) is 6.54 Å². The molecule has 0 spiro atoms. The molecule has 1 N–H and O–H groups in total. The van der Waals surface area contributed by atoms with Crippen molar-refractivity contribution in [3.05, 3.63) is 46.3 Å². The number of likely N-dealkylation sites (N-methyl/N-ethyl adjacent to an activating group) is 1. The van der Waals surface area contributed by atoms with Gasteiger partial charge in [-0.2, -0.15) is 0 Å². The molecule has 0 aromatic heterocycles. The minimum Gasteiger partial charge on any atom is -0.314 e. The summed E-state index contributed by atoms with van der Waals surface area (Å²) in [6.45, 7) is 3.05. The minimum absolute atomic E-state index is 0.198. The molecule has 20 heavy (non-hydrogen) atoms. The lowest BCUT2D eigenvalue weighted by Crippen LogP contribution is -2.31. The average molecular weight is 296 g/mol. The average Bonchev–Trinajstić information content (AvgIpc) is 2.44. The molecule has 0 fully saturated rings. The molecule has 1 aromatic rings. The van der Waals surface area contributed by atoms with Gasteiger partial charge in [0.1, 0.15) is 5.82 Å². The van der Waals surface area contributed by atoms with Crippen molar-refractivity contribution < 1.29 is 4.39 Å².